The lowest BCUT2D eigenvalue weighted by molar-refractivity contribution is 0.101. The molecule has 0 radical (unpaired) electrons. The summed E-state index contributed by atoms with van der Waals surface area (Å²) in [6.07, 6.45) is 6.46. The average molecular weight is 412 g/mol. The quantitative estimate of drug-likeness (QED) is 0.646. The molecule has 5 rings (SSSR count). The standard InChI is InChI=1S/C22H22FN3O2S/c1-10-18-21(28)14(11(2)27)9-26(12-6-7-12)22(18)25-20(19(10)23)17-8-13-15(24)4-3-5-16(13)29-17/h8-9,12,15H,3-7,24H2,1-2H3. The number of nitrogens with zero attached hydrogens (tertiary/aromatic N) is 2. The van der Waals surface area contributed by atoms with Crippen LogP contribution in [0.2, 0.25) is 0 Å². The predicted octanol–water partition coefficient (Wildman–Crippen LogP) is 4.45. The third-order valence-corrected chi connectivity index (χ3v) is 7.27. The fourth-order valence-electron chi connectivity index (χ4n) is 4.27. The van der Waals surface area contributed by atoms with Crippen LogP contribution in [0.1, 0.15) is 71.1 Å². The van der Waals surface area contributed by atoms with Gasteiger partial charge in [-0.1, -0.05) is 0 Å². The summed E-state index contributed by atoms with van der Waals surface area (Å²) < 4.78 is 17.3. The summed E-state index contributed by atoms with van der Waals surface area (Å²) in [4.78, 5) is 31.5. The maximum absolute atomic E-state index is 15.4. The van der Waals surface area contributed by atoms with Crippen molar-refractivity contribution in [1.29, 1.82) is 0 Å². The number of fused-ring (bicyclic) bond motifs is 2. The van der Waals surface area contributed by atoms with E-state index in [9.17, 15) is 9.59 Å². The van der Waals surface area contributed by atoms with E-state index in [2.05, 4.69) is 4.98 Å². The van der Waals surface area contributed by atoms with Gasteiger partial charge in [-0.25, -0.2) is 9.37 Å². The zero-order valence-electron chi connectivity index (χ0n) is 16.4. The molecule has 0 amide bonds. The summed E-state index contributed by atoms with van der Waals surface area (Å²) in [5.74, 6) is -0.806. The highest BCUT2D eigenvalue weighted by Crippen LogP contribution is 2.41. The Balaban J connectivity index is 1.80. The van der Waals surface area contributed by atoms with Crippen molar-refractivity contribution in [2.45, 2.75) is 58.0 Å². The summed E-state index contributed by atoms with van der Waals surface area (Å²) in [6, 6.07) is 2.15. The van der Waals surface area contributed by atoms with Gasteiger partial charge >= 0.3 is 0 Å². The van der Waals surface area contributed by atoms with Crippen molar-refractivity contribution in [2.75, 3.05) is 0 Å². The highest BCUT2D eigenvalue weighted by atomic mass is 32.1. The van der Waals surface area contributed by atoms with Gasteiger partial charge in [-0.15, -0.1) is 11.3 Å². The van der Waals surface area contributed by atoms with Gasteiger partial charge in [-0.2, -0.15) is 0 Å². The molecule has 1 fully saturated rings. The molecule has 0 spiro atoms. The molecule has 1 saturated carbocycles. The van der Waals surface area contributed by atoms with E-state index in [4.69, 9.17) is 5.73 Å². The van der Waals surface area contributed by atoms with Crippen molar-refractivity contribution in [3.8, 4) is 10.6 Å². The van der Waals surface area contributed by atoms with E-state index >= 15 is 4.39 Å². The molecule has 2 N–H and O–H groups in total. The summed E-state index contributed by atoms with van der Waals surface area (Å²) >= 11 is 1.54. The lowest BCUT2D eigenvalue weighted by Crippen LogP contribution is -2.20. The number of pyridine rings is 2. The minimum atomic E-state index is -0.496. The van der Waals surface area contributed by atoms with Crippen LogP contribution in [0.25, 0.3) is 21.6 Å². The van der Waals surface area contributed by atoms with Gasteiger partial charge in [0.25, 0.3) is 0 Å². The number of halogens is 1. The maximum atomic E-state index is 15.4. The van der Waals surface area contributed by atoms with Crippen molar-refractivity contribution < 1.29 is 9.18 Å². The molecule has 2 aliphatic rings. The molecule has 1 atom stereocenters. The number of Topliss-reactive ketones (excluding diaryl/α,β-unsaturated/α-hetero) is 1. The molecule has 29 heavy (non-hydrogen) atoms. The minimum absolute atomic E-state index is 0.0175. The van der Waals surface area contributed by atoms with E-state index in [0.29, 0.717) is 5.65 Å². The summed E-state index contributed by atoms with van der Waals surface area (Å²) in [6.45, 7) is 2.97. The molecular weight excluding hydrogens is 389 g/mol. The Bertz CT molecular complexity index is 1240. The Kier molecular flexibility index (Phi) is 4.22. The van der Waals surface area contributed by atoms with Crippen molar-refractivity contribution >= 4 is 28.2 Å². The molecule has 3 heterocycles. The van der Waals surface area contributed by atoms with Gasteiger partial charge in [-0.3, -0.25) is 9.59 Å². The first kappa shape index (κ1) is 18.6. The molecule has 0 bridgehead atoms. The van der Waals surface area contributed by atoms with Crippen molar-refractivity contribution in [2.24, 2.45) is 5.73 Å². The highest BCUT2D eigenvalue weighted by Gasteiger charge is 2.30. The van der Waals surface area contributed by atoms with Crippen LogP contribution in [-0.2, 0) is 6.42 Å². The SMILES string of the molecule is CC(=O)c1cn(C2CC2)c2nc(-c3cc4c(s3)CCCC4N)c(F)c(C)c2c1=O. The van der Waals surface area contributed by atoms with Gasteiger partial charge in [0, 0.05) is 28.7 Å². The molecule has 3 aromatic heterocycles. The van der Waals surface area contributed by atoms with Gasteiger partial charge in [0.05, 0.1) is 15.8 Å². The number of aryl methyl sites for hydroxylation is 2. The second-order valence-corrected chi connectivity index (χ2v) is 9.29. The zero-order chi connectivity index (χ0) is 20.4. The van der Waals surface area contributed by atoms with Crippen LogP contribution < -0.4 is 11.2 Å². The smallest absolute Gasteiger partial charge is 0.202 e. The van der Waals surface area contributed by atoms with Crippen molar-refractivity contribution in [3.63, 3.8) is 0 Å². The van der Waals surface area contributed by atoms with Gasteiger partial charge < -0.3 is 10.3 Å². The molecule has 2 aliphatic carbocycles. The summed E-state index contributed by atoms with van der Waals surface area (Å²) in [7, 11) is 0. The normalized spacial score (nSPS) is 18.8. The molecule has 0 saturated heterocycles. The largest absolute Gasteiger partial charge is 0.328 e. The van der Waals surface area contributed by atoms with Crippen LogP contribution >= 0.6 is 11.3 Å². The molecule has 1 unspecified atom stereocenters. The van der Waals surface area contributed by atoms with Crippen molar-refractivity contribution in [3.05, 3.63) is 49.9 Å². The van der Waals surface area contributed by atoms with E-state index in [1.54, 1.807) is 24.5 Å². The van der Waals surface area contributed by atoms with Gasteiger partial charge in [-0.05, 0) is 57.6 Å². The van der Waals surface area contributed by atoms with Crippen LogP contribution in [0.15, 0.2) is 17.1 Å². The number of carbonyl (C=O) groups is 1. The molecular formula is C22H22FN3O2S. The topological polar surface area (TPSA) is 78.0 Å². The third-order valence-electron chi connectivity index (χ3n) is 6.05. The molecule has 0 aliphatic heterocycles. The molecule has 3 aromatic rings. The molecule has 150 valence electrons. The summed E-state index contributed by atoms with van der Waals surface area (Å²) in [5, 5.41) is 0.212. The number of thiophene rings is 1. The first-order valence-electron chi connectivity index (χ1n) is 10.0. The highest BCUT2D eigenvalue weighted by molar-refractivity contribution is 7.15. The Labute approximate surface area is 171 Å². The number of nitrogens with two attached hydrogens (primary N) is 1. The number of aromatic nitrogens is 2. The fraction of sp³-hybridized carbons (Fsp3) is 0.409. The fourth-order valence-corrected chi connectivity index (χ4v) is 5.53. The van der Waals surface area contributed by atoms with Crippen LogP contribution in [0.5, 0.6) is 0 Å². The van der Waals surface area contributed by atoms with Gasteiger partial charge in [0.2, 0.25) is 5.43 Å². The summed E-state index contributed by atoms with van der Waals surface area (Å²) in [5.41, 5.74) is 7.98. The van der Waals surface area contributed by atoms with E-state index < -0.39 is 11.2 Å². The van der Waals surface area contributed by atoms with Gasteiger partial charge in [0.15, 0.2) is 11.6 Å². The second kappa shape index (κ2) is 6.57. The molecule has 5 nitrogen and oxygen atoms in total. The van der Waals surface area contributed by atoms with Crippen LogP contribution in [0.4, 0.5) is 4.39 Å². The number of rotatable bonds is 3. The Morgan fingerprint density at radius 1 is 1.34 bits per heavy atom. The predicted molar refractivity (Wildman–Crippen MR) is 112 cm³/mol. The third kappa shape index (κ3) is 2.87. The lowest BCUT2D eigenvalue weighted by Gasteiger charge is -2.17. The lowest BCUT2D eigenvalue weighted by atomic mass is 9.94. The Morgan fingerprint density at radius 3 is 2.76 bits per heavy atom. The van der Waals surface area contributed by atoms with E-state index in [-0.39, 0.29) is 40.1 Å². The number of ketones is 1. The first-order chi connectivity index (χ1) is 13.9. The number of hydrogen-bond donors (Lipinski definition) is 1. The average Bonchev–Trinajstić information content (AvgIpc) is 3.42. The van der Waals surface area contributed by atoms with E-state index in [1.807, 2.05) is 10.6 Å². The van der Waals surface area contributed by atoms with E-state index in [1.165, 1.54) is 11.8 Å². The Hall–Kier alpha value is -2.38. The molecule has 0 aromatic carbocycles. The zero-order valence-corrected chi connectivity index (χ0v) is 17.2. The van der Waals surface area contributed by atoms with Crippen LogP contribution in [0, 0.1) is 12.7 Å². The number of carbonyl (C=O) groups excluding carboxylic acids is 1. The monoisotopic (exact) mass is 411 g/mol. The maximum Gasteiger partial charge on any atom is 0.202 e. The van der Waals surface area contributed by atoms with E-state index in [0.717, 1.165) is 42.5 Å². The Morgan fingerprint density at radius 2 is 2.10 bits per heavy atom. The molecule has 7 heteroatoms. The minimum Gasteiger partial charge on any atom is -0.328 e. The van der Waals surface area contributed by atoms with Crippen LogP contribution in [0.3, 0.4) is 0 Å². The van der Waals surface area contributed by atoms with Crippen molar-refractivity contribution in [1.82, 2.24) is 9.55 Å². The second-order valence-electron chi connectivity index (χ2n) is 8.15. The number of hydrogen-bond acceptors (Lipinski definition) is 5. The van der Waals surface area contributed by atoms with Gasteiger partial charge in [0.1, 0.15) is 11.3 Å². The first-order valence-corrected chi connectivity index (χ1v) is 10.8. The van der Waals surface area contributed by atoms with Crippen LogP contribution in [-0.4, -0.2) is 15.3 Å².